The van der Waals surface area contributed by atoms with Crippen LogP contribution in [0.4, 0.5) is 5.95 Å². The van der Waals surface area contributed by atoms with E-state index in [1.807, 2.05) is 50.8 Å². The first-order valence-corrected chi connectivity index (χ1v) is 18.9. The molecule has 3 unspecified atom stereocenters. The molecule has 1 amide bonds. The topological polar surface area (TPSA) is 136 Å². The average Bonchev–Trinajstić information content (AvgIpc) is 3.21. The summed E-state index contributed by atoms with van der Waals surface area (Å²) in [6.07, 6.45) is 7.05. The zero-order chi connectivity index (χ0) is 35.6. The fourth-order valence-electron chi connectivity index (χ4n) is 6.97. The van der Waals surface area contributed by atoms with Gasteiger partial charge in [-0.25, -0.2) is 28.1 Å². The normalized spacial score (nSPS) is 20.2. The van der Waals surface area contributed by atoms with E-state index in [9.17, 15) is 13.2 Å². The third-order valence-corrected chi connectivity index (χ3v) is 10.6. The molecule has 264 valence electrons. The third-order valence-electron chi connectivity index (χ3n) is 9.28. The highest BCUT2D eigenvalue weighted by Crippen LogP contribution is 2.35. The number of aryl methyl sites for hydroxylation is 2. The van der Waals surface area contributed by atoms with E-state index in [0.717, 1.165) is 29.5 Å². The number of aromatic nitrogens is 4. The molecule has 1 saturated heterocycles. The van der Waals surface area contributed by atoms with Gasteiger partial charge in [0.25, 0.3) is 15.9 Å². The van der Waals surface area contributed by atoms with Crippen LogP contribution in [0.25, 0.3) is 11.3 Å². The second kappa shape index (κ2) is 14.7. The highest BCUT2D eigenvalue weighted by atomic mass is 32.2. The van der Waals surface area contributed by atoms with E-state index in [1.54, 1.807) is 30.6 Å². The Morgan fingerprint density at radius 2 is 1.70 bits per heavy atom. The molecule has 2 aromatic heterocycles. The zero-order valence-electron chi connectivity index (χ0n) is 29.6. The molecule has 6 rings (SSSR count). The Hall–Kier alpha value is -4.58. The molecule has 4 aromatic rings. The van der Waals surface area contributed by atoms with Crippen molar-refractivity contribution in [1.82, 2.24) is 24.8 Å². The average molecular weight is 699 g/mol. The van der Waals surface area contributed by atoms with E-state index in [1.165, 1.54) is 12.1 Å². The highest BCUT2D eigenvalue weighted by Gasteiger charge is 2.40. The van der Waals surface area contributed by atoms with Gasteiger partial charge in [0.2, 0.25) is 11.8 Å². The van der Waals surface area contributed by atoms with Crippen molar-refractivity contribution in [2.75, 3.05) is 4.72 Å². The van der Waals surface area contributed by atoms with Gasteiger partial charge in [-0.05, 0) is 95.0 Å². The van der Waals surface area contributed by atoms with Crippen molar-refractivity contribution in [1.29, 1.82) is 0 Å². The number of carbonyl (C=O) groups is 1. The summed E-state index contributed by atoms with van der Waals surface area (Å²) in [5.41, 5.74) is 3.68. The molecule has 0 saturated carbocycles. The smallest absolute Gasteiger partial charge is 0.264 e. The monoisotopic (exact) mass is 698 g/mol. The first-order valence-electron chi connectivity index (χ1n) is 17.4. The summed E-state index contributed by atoms with van der Waals surface area (Å²) in [4.78, 5) is 35.1. The molecule has 0 radical (unpaired) electrons. The van der Waals surface area contributed by atoms with Gasteiger partial charge in [-0.3, -0.25) is 4.79 Å². The van der Waals surface area contributed by atoms with Crippen LogP contribution in [0, 0.1) is 19.8 Å². The van der Waals surface area contributed by atoms with Crippen LogP contribution in [-0.2, 0) is 16.4 Å². The maximum atomic E-state index is 14.8. The molecule has 1 fully saturated rings. The van der Waals surface area contributed by atoms with E-state index in [2.05, 4.69) is 38.5 Å². The second-order valence-electron chi connectivity index (χ2n) is 14.0. The van der Waals surface area contributed by atoms with Gasteiger partial charge in [0.15, 0.2) is 5.75 Å². The summed E-state index contributed by atoms with van der Waals surface area (Å²) in [6, 6.07) is 13.3. The number of amides is 1. The van der Waals surface area contributed by atoms with Crippen LogP contribution in [0.1, 0.15) is 87.1 Å². The first-order chi connectivity index (χ1) is 23.9. The number of carbonyl (C=O) groups excluding carboxylic acids is 1. The SMILES string of the molecule is Cc1cccc(C)c1-c1cc2nc(n1)NS(=O)(=O)c1cccc(c1)C(=O)N1C(Cc3ncc(OC(C)C)cn3)CCCC(O2)C1CCC(C)C. The van der Waals surface area contributed by atoms with Crippen LogP contribution < -0.4 is 14.2 Å². The van der Waals surface area contributed by atoms with Gasteiger partial charge in [0, 0.05) is 29.7 Å². The molecular formula is C38H46N6O5S. The molecular weight excluding hydrogens is 653 g/mol. The summed E-state index contributed by atoms with van der Waals surface area (Å²) < 4.78 is 42.7. The zero-order valence-corrected chi connectivity index (χ0v) is 30.4. The Morgan fingerprint density at radius 1 is 0.980 bits per heavy atom. The fraction of sp³-hybridized carbons (Fsp3) is 0.447. The fourth-order valence-corrected chi connectivity index (χ4v) is 7.96. The minimum atomic E-state index is -4.17. The maximum absolute atomic E-state index is 14.8. The van der Waals surface area contributed by atoms with Crippen molar-refractivity contribution in [2.24, 2.45) is 5.92 Å². The summed E-state index contributed by atoms with van der Waals surface area (Å²) in [5, 5.41) is 0. The van der Waals surface area contributed by atoms with Crippen molar-refractivity contribution in [3.63, 3.8) is 0 Å². The number of nitrogens with zero attached hydrogens (tertiary/aromatic N) is 5. The number of anilines is 1. The van der Waals surface area contributed by atoms with Crippen LogP contribution in [0.3, 0.4) is 0 Å². The first kappa shape index (κ1) is 35.3. The lowest BCUT2D eigenvalue weighted by Crippen LogP contribution is -2.53. The van der Waals surface area contributed by atoms with Crippen LogP contribution >= 0.6 is 0 Å². The highest BCUT2D eigenvalue weighted by molar-refractivity contribution is 7.92. The van der Waals surface area contributed by atoms with Crippen molar-refractivity contribution < 1.29 is 22.7 Å². The number of sulfonamides is 1. The molecule has 1 N–H and O–H groups in total. The standard InChI is InChI=1S/C38H46N6O5S/c1-23(2)16-17-32-33-15-9-13-28(19-34-39-21-29(22-40-34)48-24(3)4)44(32)37(45)27-12-8-14-30(18-27)50(46,47)43-38-41-31(20-35(42-38)49-33)36-25(5)10-7-11-26(36)6/h7-8,10-12,14,18,20-24,28,32-33H,9,13,15-17,19H2,1-6H3,(H,41,42,43). The van der Waals surface area contributed by atoms with Gasteiger partial charge in [-0.15, -0.1) is 0 Å². The van der Waals surface area contributed by atoms with Gasteiger partial charge in [-0.2, -0.15) is 4.98 Å². The quantitative estimate of drug-likeness (QED) is 0.208. The van der Waals surface area contributed by atoms with Gasteiger partial charge >= 0.3 is 0 Å². The number of benzene rings is 2. The lowest BCUT2D eigenvalue weighted by molar-refractivity contribution is 0.0291. The molecule has 50 heavy (non-hydrogen) atoms. The lowest BCUT2D eigenvalue weighted by atomic mass is 9.95. The Bertz CT molecular complexity index is 1930. The molecule has 11 nitrogen and oxygen atoms in total. The molecule has 2 aliphatic heterocycles. The van der Waals surface area contributed by atoms with Crippen LogP contribution in [-0.4, -0.2) is 63.5 Å². The predicted octanol–water partition coefficient (Wildman–Crippen LogP) is 6.94. The van der Waals surface area contributed by atoms with E-state index in [0.29, 0.717) is 48.9 Å². The minimum absolute atomic E-state index is 0.00771. The van der Waals surface area contributed by atoms with E-state index < -0.39 is 16.1 Å². The summed E-state index contributed by atoms with van der Waals surface area (Å²) in [7, 11) is -4.17. The van der Waals surface area contributed by atoms with Crippen molar-refractivity contribution >= 4 is 21.9 Å². The van der Waals surface area contributed by atoms with Crippen molar-refractivity contribution in [3.8, 4) is 22.9 Å². The van der Waals surface area contributed by atoms with Crippen molar-refractivity contribution in [2.45, 2.75) is 109 Å². The number of fused-ring (bicyclic) bond motifs is 6. The van der Waals surface area contributed by atoms with Crippen LogP contribution in [0.15, 0.2) is 65.8 Å². The number of hydrogen-bond acceptors (Lipinski definition) is 9. The number of ether oxygens (including phenoxy) is 2. The summed E-state index contributed by atoms with van der Waals surface area (Å²) >= 11 is 0. The maximum Gasteiger partial charge on any atom is 0.264 e. The molecule has 0 aliphatic carbocycles. The van der Waals surface area contributed by atoms with Gasteiger partial charge in [0.1, 0.15) is 11.9 Å². The third kappa shape index (κ3) is 7.90. The van der Waals surface area contributed by atoms with E-state index in [4.69, 9.17) is 9.47 Å². The van der Waals surface area contributed by atoms with Gasteiger partial charge in [0.05, 0.1) is 35.1 Å². The molecule has 2 aliphatic rings. The van der Waals surface area contributed by atoms with Crippen LogP contribution in [0.5, 0.6) is 11.6 Å². The molecule has 0 spiro atoms. The Morgan fingerprint density at radius 3 is 2.40 bits per heavy atom. The van der Waals surface area contributed by atoms with Crippen LogP contribution in [0.2, 0.25) is 0 Å². The molecule has 12 heteroatoms. The summed E-state index contributed by atoms with van der Waals surface area (Å²) in [5.74, 6) is 1.46. The van der Waals surface area contributed by atoms with Crippen molar-refractivity contribution in [3.05, 3.63) is 83.4 Å². The van der Waals surface area contributed by atoms with Gasteiger partial charge in [-0.1, -0.05) is 38.1 Å². The predicted molar refractivity (Wildman–Crippen MR) is 192 cm³/mol. The Kier molecular flexibility index (Phi) is 10.4. The van der Waals surface area contributed by atoms with E-state index in [-0.39, 0.29) is 46.4 Å². The second-order valence-corrected chi connectivity index (χ2v) is 15.7. The van der Waals surface area contributed by atoms with E-state index >= 15 is 0 Å². The Labute approximate surface area is 294 Å². The summed E-state index contributed by atoms with van der Waals surface area (Å²) in [6.45, 7) is 12.2. The minimum Gasteiger partial charge on any atom is -0.488 e. The molecule has 6 bridgehead atoms. The largest absolute Gasteiger partial charge is 0.488 e. The lowest BCUT2D eigenvalue weighted by Gasteiger charge is -2.40. The van der Waals surface area contributed by atoms with Gasteiger partial charge < -0.3 is 14.4 Å². The molecule has 3 atom stereocenters. The Balaban J connectivity index is 1.49. The molecule has 2 aromatic carbocycles. The molecule has 4 heterocycles. The number of nitrogens with one attached hydrogen (secondary N) is 1. The number of rotatable bonds is 8. The number of hydrogen-bond donors (Lipinski definition) is 1.